The molecule has 3 heterocycles. The first-order valence-corrected chi connectivity index (χ1v) is 19.0. The minimum Gasteiger partial charge on any atom is -0.496 e. The molecule has 2 fully saturated rings. The van der Waals surface area contributed by atoms with Crippen molar-refractivity contribution in [1.82, 2.24) is 29.4 Å². The highest BCUT2D eigenvalue weighted by Crippen LogP contribution is 2.35. The number of carbonyl (C=O) groups excluding carboxylic acids is 3. The van der Waals surface area contributed by atoms with E-state index in [1.807, 2.05) is 33.9 Å². The maximum Gasteiger partial charge on any atom is 0.243 e. The first kappa shape index (κ1) is 38.3. The summed E-state index contributed by atoms with van der Waals surface area (Å²) in [5.41, 5.74) is 1.39. The van der Waals surface area contributed by atoms with Gasteiger partial charge in [-0.1, -0.05) is 20.8 Å². The zero-order valence-electron chi connectivity index (χ0n) is 30.7. The molecule has 14 heteroatoms. The van der Waals surface area contributed by atoms with E-state index in [1.165, 1.54) is 17.7 Å². The number of hydrogen-bond donors (Lipinski definition) is 2. The van der Waals surface area contributed by atoms with Gasteiger partial charge in [0.05, 0.1) is 29.6 Å². The van der Waals surface area contributed by atoms with Gasteiger partial charge in [0, 0.05) is 74.2 Å². The molecule has 0 unspecified atom stereocenters. The lowest BCUT2D eigenvalue weighted by atomic mass is 9.76. The van der Waals surface area contributed by atoms with E-state index in [0.29, 0.717) is 79.3 Å². The molecule has 3 atom stereocenters. The summed E-state index contributed by atoms with van der Waals surface area (Å²) in [6, 6.07) is 9.19. The van der Waals surface area contributed by atoms with Crippen molar-refractivity contribution in [2.75, 3.05) is 59.2 Å². The van der Waals surface area contributed by atoms with Crippen molar-refractivity contribution >= 4 is 49.9 Å². The molecule has 2 aromatic carbocycles. The van der Waals surface area contributed by atoms with Crippen LogP contribution in [-0.4, -0.2) is 116 Å². The maximum absolute atomic E-state index is 14.0. The highest BCUT2D eigenvalue weighted by Gasteiger charge is 2.42. The van der Waals surface area contributed by atoms with Gasteiger partial charge >= 0.3 is 0 Å². The second-order valence-electron chi connectivity index (χ2n) is 14.7. The standard InChI is InChI=1S/C37H51N7O6S/c1-24(38-5)32(45)21-29(37(2,3)4)36(47)44-14-8-9-31(44)33(46)20-25-19-28-30(22-34(25)50-7)39-23-40-35(28)41-26-10-12-27(13-11-26)51(48,49)43-17-15-42(6)16-18-43/h10-13,19,22-24,29,31,38H,8-9,14-18,20-21H2,1-7H3,(H,39,40,41)/t24-,29+,31-/m0/s1. The number of methoxy groups -OCH3 is 1. The molecular formula is C37H51N7O6S. The summed E-state index contributed by atoms with van der Waals surface area (Å²) < 4.78 is 33.6. The lowest BCUT2D eigenvalue weighted by Gasteiger charge is -2.35. The molecule has 1 amide bonds. The molecule has 0 aliphatic carbocycles. The molecule has 2 N–H and O–H groups in total. The first-order valence-electron chi connectivity index (χ1n) is 17.5. The molecule has 2 aliphatic heterocycles. The van der Waals surface area contributed by atoms with Crippen molar-refractivity contribution in [3.8, 4) is 5.75 Å². The van der Waals surface area contributed by atoms with Crippen LogP contribution in [0.1, 0.15) is 52.5 Å². The van der Waals surface area contributed by atoms with Gasteiger partial charge in [-0.25, -0.2) is 18.4 Å². The monoisotopic (exact) mass is 721 g/mol. The van der Waals surface area contributed by atoms with Gasteiger partial charge in [0.25, 0.3) is 0 Å². The number of likely N-dealkylation sites (tertiary alicyclic amines) is 1. The molecular weight excluding hydrogens is 671 g/mol. The zero-order valence-corrected chi connectivity index (χ0v) is 31.5. The molecule has 2 aliphatic rings. The van der Waals surface area contributed by atoms with Crippen LogP contribution in [-0.2, 0) is 30.8 Å². The predicted molar refractivity (Wildman–Crippen MR) is 197 cm³/mol. The average molecular weight is 722 g/mol. The summed E-state index contributed by atoms with van der Waals surface area (Å²) in [7, 11) is 1.63. The number of ketones is 2. The van der Waals surface area contributed by atoms with Crippen LogP contribution in [0.2, 0.25) is 0 Å². The quantitative estimate of drug-likeness (QED) is 0.266. The summed E-state index contributed by atoms with van der Waals surface area (Å²) in [5.74, 6) is 0.113. The van der Waals surface area contributed by atoms with Crippen molar-refractivity contribution in [2.45, 2.75) is 70.4 Å². The maximum atomic E-state index is 14.0. The fraction of sp³-hybridized carbons (Fsp3) is 0.541. The van der Waals surface area contributed by atoms with Crippen LogP contribution >= 0.6 is 0 Å². The molecule has 2 saturated heterocycles. The third kappa shape index (κ3) is 8.57. The van der Waals surface area contributed by atoms with E-state index in [9.17, 15) is 22.8 Å². The molecule has 0 spiro atoms. The smallest absolute Gasteiger partial charge is 0.243 e. The Morgan fingerprint density at radius 2 is 1.71 bits per heavy atom. The normalized spacial score (nSPS) is 18.8. The lowest BCUT2D eigenvalue weighted by molar-refractivity contribution is -0.145. The summed E-state index contributed by atoms with van der Waals surface area (Å²) in [6.07, 6.45) is 2.80. The predicted octanol–water partition coefficient (Wildman–Crippen LogP) is 3.65. The van der Waals surface area contributed by atoms with Gasteiger partial charge in [-0.2, -0.15) is 4.31 Å². The van der Waals surface area contributed by atoms with Gasteiger partial charge in [-0.15, -0.1) is 0 Å². The Bertz CT molecular complexity index is 1850. The third-order valence-electron chi connectivity index (χ3n) is 10.2. The van der Waals surface area contributed by atoms with E-state index in [-0.39, 0.29) is 41.3 Å². The Kier molecular flexibility index (Phi) is 11.8. The number of fused-ring (bicyclic) bond motifs is 1. The van der Waals surface area contributed by atoms with Crippen LogP contribution < -0.4 is 15.4 Å². The van der Waals surface area contributed by atoms with Gasteiger partial charge in [-0.3, -0.25) is 14.4 Å². The molecule has 3 aromatic rings. The van der Waals surface area contributed by atoms with Crippen LogP contribution in [0.4, 0.5) is 11.5 Å². The Hall–Kier alpha value is -3.98. The minimum atomic E-state index is -3.61. The molecule has 0 radical (unpaired) electrons. The Morgan fingerprint density at radius 3 is 2.33 bits per heavy atom. The van der Waals surface area contributed by atoms with Crippen LogP contribution in [0, 0.1) is 11.3 Å². The number of nitrogens with one attached hydrogen (secondary N) is 2. The molecule has 5 rings (SSSR count). The van der Waals surface area contributed by atoms with Crippen molar-refractivity contribution in [3.63, 3.8) is 0 Å². The van der Waals surface area contributed by atoms with E-state index >= 15 is 0 Å². The second kappa shape index (κ2) is 15.7. The average Bonchev–Trinajstić information content (AvgIpc) is 3.60. The number of aromatic nitrogens is 2. The first-order chi connectivity index (χ1) is 24.1. The summed E-state index contributed by atoms with van der Waals surface area (Å²) >= 11 is 0. The number of sulfonamides is 1. The Morgan fingerprint density at radius 1 is 1.02 bits per heavy atom. The topological polar surface area (TPSA) is 154 Å². The zero-order chi connectivity index (χ0) is 37.1. The number of anilines is 2. The van der Waals surface area contributed by atoms with Gasteiger partial charge < -0.3 is 25.2 Å². The Balaban J connectivity index is 1.36. The van der Waals surface area contributed by atoms with Gasteiger partial charge in [0.2, 0.25) is 15.9 Å². The largest absolute Gasteiger partial charge is 0.496 e. The number of hydrogen-bond acceptors (Lipinski definition) is 11. The lowest BCUT2D eigenvalue weighted by Crippen LogP contribution is -2.48. The highest BCUT2D eigenvalue weighted by atomic mass is 32.2. The number of likely N-dealkylation sites (N-methyl/N-ethyl adjacent to an activating group) is 2. The number of rotatable bonds is 13. The molecule has 0 bridgehead atoms. The molecule has 276 valence electrons. The summed E-state index contributed by atoms with van der Waals surface area (Å²) in [5, 5.41) is 6.90. The third-order valence-corrected chi connectivity index (χ3v) is 12.1. The van der Waals surface area contributed by atoms with E-state index in [2.05, 4.69) is 25.5 Å². The molecule has 13 nitrogen and oxygen atoms in total. The summed E-state index contributed by atoms with van der Waals surface area (Å²) in [4.78, 5) is 53.8. The van der Waals surface area contributed by atoms with Crippen LogP contribution in [0.25, 0.3) is 10.9 Å². The van der Waals surface area contributed by atoms with Crippen LogP contribution in [0.15, 0.2) is 47.6 Å². The van der Waals surface area contributed by atoms with Crippen molar-refractivity contribution in [3.05, 3.63) is 48.3 Å². The Labute approximate surface area is 301 Å². The number of Topliss-reactive ketones (excluding diaryl/α,β-unsaturated/α-hetero) is 2. The van der Waals surface area contributed by atoms with Crippen LogP contribution in [0.3, 0.4) is 0 Å². The van der Waals surface area contributed by atoms with E-state index < -0.39 is 27.4 Å². The van der Waals surface area contributed by atoms with E-state index in [0.717, 1.165) is 0 Å². The number of ether oxygens (including phenoxy) is 1. The van der Waals surface area contributed by atoms with Crippen molar-refractivity contribution in [1.29, 1.82) is 0 Å². The highest BCUT2D eigenvalue weighted by molar-refractivity contribution is 7.89. The number of carbonyl (C=O) groups is 3. The molecule has 0 saturated carbocycles. The fourth-order valence-electron chi connectivity index (χ4n) is 6.75. The number of amides is 1. The van der Waals surface area contributed by atoms with Crippen molar-refractivity contribution < 1.29 is 27.5 Å². The SMILES string of the molecule is CN[C@@H](C)C(=O)C[C@H](C(=O)N1CCC[C@H]1C(=O)Cc1cc2c(Nc3ccc(S(=O)(=O)N4CCN(C)CC4)cc3)ncnc2cc1OC)C(C)(C)C. The van der Waals surface area contributed by atoms with Gasteiger partial charge in [0.1, 0.15) is 23.7 Å². The second-order valence-corrected chi connectivity index (χ2v) is 16.6. The number of nitrogens with zero attached hydrogens (tertiary/aromatic N) is 5. The van der Waals surface area contributed by atoms with Crippen LogP contribution in [0.5, 0.6) is 5.75 Å². The van der Waals surface area contributed by atoms with E-state index in [1.54, 1.807) is 49.2 Å². The van der Waals surface area contributed by atoms with Crippen molar-refractivity contribution in [2.24, 2.45) is 11.3 Å². The number of benzene rings is 2. The van der Waals surface area contributed by atoms with Gasteiger partial charge in [0.15, 0.2) is 5.78 Å². The summed E-state index contributed by atoms with van der Waals surface area (Å²) in [6.45, 7) is 10.4. The molecule has 1 aromatic heterocycles. The van der Waals surface area contributed by atoms with Gasteiger partial charge in [-0.05, 0) is 69.6 Å². The minimum absolute atomic E-state index is 0.0245. The fourth-order valence-corrected chi connectivity index (χ4v) is 8.18. The van der Waals surface area contributed by atoms with E-state index in [4.69, 9.17) is 4.74 Å². The molecule has 51 heavy (non-hydrogen) atoms. The number of piperazine rings is 1.